The lowest BCUT2D eigenvalue weighted by molar-refractivity contribution is 0.286. The van der Waals surface area contributed by atoms with Gasteiger partial charge in [-0.25, -0.2) is 12.7 Å². The minimum absolute atomic E-state index is 0.0637. The van der Waals surface area contributed by atoms with Crippen LogP contribution < -0.4 is 0 Å². The third-order valence-electron chi connectivity index (χ3n) is 3.17. The second-order valence-electron chi connectivity index (χ2n) is 4.38. The molecule has 1 N–H and O–H groups in total. The summed E-state index contributed by atoms with van der Waals surface area (Å²) in [6.07, 6.45) is 3.12. The number of hydrogen-bond donors (Lipinski definition) is 1. The van der Waals surface area contributed by atoms with Gasteiger partial charge in [0.2, 0.25) is 10.0 Å². The molecular weight excluding hydrogens is 238 g/mol. The highest BCUT2D eigenvalue weighted by Crippen LogP contribution is 2.13. The van der Waals surface area contributed by atoms with E-state index >= 15 is 0 Å². The standard InChI is InChI=1S/C12H27NO3S/c1-4-12(5-2)11-13(6-3)17(15,16)10-8-7-9-14/h12,14H,4-11H2,1-3H3. The summed E-state index contributed by atoms with van der Waals surface area (Å²) in [7, 11) is -3.14. The van der Waals surface area contributed by atoms with Crippen molar-refractivity contribution in [2.24, 2.45) is 5.92 Å². The minimum atomic E-state index is -3.14. The van der Waals surface area contributed by atoms with E-state index in [-0.39, 0.29) is 12.4 Å². The lowest BCUT2D eigenvalue weighted by Gasteiger charge is -2.24. The molecule has 0 fully saturated rings. The van der Waals surface area contributed by atoms with Crippen LogP contribution in [0.4, 0.5) is 0 Å². The van der Waals surface area contributed by atoms with Gasteiger partial charge in [0, 0.05) is 19.7 Å². The zero-order valence-electron chi connectivity index (χ0n) is 11.4. The van der Waals surface area contributed by atoms with Gasteiger partial charge >= 0.3 is 0 Å². The fraction of sp³-hybridized carbons (Fsp3) is 1.00. The van der Waals surface area contributed by atoms with Crippen LogP contribution >= 0.6 is 0 Å². The molecule has 0 aliphatic carbocycles. The predicted octanol–water partition coefficient (Wildman–Crippen LogP) is 1.85. The Balaban J connectivity index is 4.41. The van der Waals surface area contributed by atoms with Gasteiger partial charge in [-0.15, -0.1) is 0 Å². The molecule has 17 heavy (non-hydrogen) atoms. The van der Waals surface area contributed by atoms with E-state index in [1.165, 1.54) is 0 Å². The summed E-state index contributed by atoms with van der Waals surface area (Å²) in [6, 6.07) is 0. The minimum Gasteiger partial charge on any atom is -0.396 e. The summed E-state index contributed by atoms with van der Waals surface area (Å²) in [4.78, 5) is 0. The first kappa shape index (κ1) is 16.9. The van der Waals surface area contributed by atoms with Gasteiger partial charge < -0.3 is 5.11 Å². The van der Waals surface area contributed by atoms with Crippen molar-refractivity contribution in [1.29, 1.82) is 0 Å². The zero-order valence-corrected chi connectivity index (χ0v) is 12.2. The number of unbranched alkanes of at least 4 members (excludes halogenated alkanes) is 1. The largest absolute Gasteiger partial charge is 0.396 e. The molecule has 0 aliphatic rings. The molecule has 0 bridgehead atoms. The Morgan fingerprint density at radius 2 is 1.71 bits per heavy atom. The average Bonchev–Trinajstić information content (AvgIpc) is 2.30. The van der Waals surface area contributed by atoms with E-state index in [9.17, 15) is 8.42 Å². The van der Waals surface area contributed by atoms with Gasteiger partial charge in [-0.1, -0.05) is 33.6 Å². The van der Waals surface area contributed by atoms with Gasteiger partial charge in [0.15, 0.2) is 0 Å². The third-order valence-corrected chi connectivity index (χ3v) is 5.17. The fourth-order valence-corrected chi connectivity index (χ4v) is 3.46. The van der Waals surface area contributed by atoms with Crippen LogP contribution in [-0.2, 0) is 10.0 Å². The third kappa shape index (κ3) is 6.38. The summed E-state index contributed by atoms with van der Waals surface area (Å²) in [5, 5.41) is 8.67. The maximum absolute atomic E-state index is 12.0. The molecule has 0 heterocycles. The Morgan fingerprint density at radius 1 is 1.12 bits per heavy atom. The number of sulfonamides is 1. The molecule has 104 valence electrons. The van der Waals surface area contributed by atoms with Crippen LogP contribution in [0.15, 0.2) is 0 Å². The van der Waals surface area contributed by atoms with Crippen molar-refractivity contribution in [3.63, 3.8) is 0 Å². The lowest BCUT2D eigenvalue weighted by atomic mass is 10.0. The second-order valence-corrected chi connectivity index (χ2v) is 6.47. The molecule has 0 atom stereocenters. The van der Waals surface area contributed by atoms with Crippen molar-refractivity contribution in [2.75, 3.05) is 25.4 Å². The van der Waals surface area contributed by atoms with Crippen LogP contribution in [0.3, 0.4) is 0 Å². The molecule has 0 radical (unpaired) electrons. The van der Waals surface area contributed by atoms with E-state index in [4.69, 9.17) is 5.11 Å². The molecule has 0 amide bonds. The van der Waals surface area contributed by atoms with Crippen molar-refractivity contribution in [3.05, 3.63) is 0 Å². The molecule has 4 nitrogen and oxygen atoms in total. The smallest absolute Gasteiger partial charge is 0.214 e. The van der Waals surface area contributed by atoms with Crippen LogP contribution in [0, 0.1) is 5.92 Å². The summed E-state index contributed by atoms with van der Waals surface area (Å²) in [5.41, 5.74) is 0. The molecule has 0 rings (SSSR count). The van der Waals surface area contributed by atoms with Crippen LogP contribution in [-0.4, -0.2) is 43.3 Å². The van der Waals surface area contributed by atoms with Crippen LogP contribution in [0.25, 0.3) is 0 Å². The molecular formula is C12H27NO3S. The number of nitrogens with zero attached hydrogens (tertiary/aromatic N) is 1. The molecule has 0 aromatic rings. The van der Waals surface area contributed by atoms with Crippen LogP contribution in [0.1, 0.15) is 46.5 Å². The van der Waals surface area contributed by atoms with Crippen molar-refractivity contribution < 1.29 is 13.5 Å². The SMILES string of the molecule is CCC(CC)CN(CC)S(=O)(=O)CCCCO. The maximum Gasteiger partial charge on any atom is 0.214 e. The summed E-state index contributed by atoms with van der Waals surface area (Å²) < 4.78 is 25.7. The van der Waals surface area contributed by atoms with E-state index in [2.05, 4.69) is 13.8 Å². The molecule has 0 saturated carbocycles. The first-order valence-corrected chi connectivity index (χ1v) is 8.21. The van der Waals surface area contributed by atoms with Gasteiger partial charge in [0.25, 0.3) is 0 Å². The Hall–Kier alpha value is -0.130. The number of hydrogen-bond acceptors (Lipinski definition) is 3. The van der Waals surface area contributed by atoms with E-state index in [0.717, 1.165) is 12.8 Å². The molecule has 0 spiro atoms. The zero-order chi connectivity index (χ0) is 13.3. The van der Waals surface area contributed by atoms with E-state index in [1.807, 2.05) is 6.92 Å². The van der Waals surface area contributed by atoms with E-state index < -0.39 is 10.0 Å². The number of rotatable bonds is 10. The topological polar surface area (TPSA) is 57.6 Å². The average molecular weight is 265 g/mol. The van der Waals surface area contributed by atoms with Crippen molar-refractivity contribution in [2.45, 2.75) is 46.5 Å². The first-order chi connectivity index (χ1) is 8.01. The van der Waals surface area contributed by atoms with Crippen molar-refractivity contribution >= 4 is 10.0 Å². The Morgan fingerprint density at radius 3 is 2.12 bits per heavy atom. The van der Waals surface area contributed by atoms with Gasteiger partial charge in [-0.05, 0) is 18.8 Å². The number of aliphatic hydroxyl groups excluding tert-OH is 1. The van der Waals surface area contributed by atoms with Gasteiger partial charge in [0.1, 0.15) is 0 Å². The summed E-state index contributed by atoms with van der Waals surface area (Å²) >= 11 is 0. The van der Waals surface area contributed by atoms with E-state index in [0.29, 0.717) is 31.8 Å². The van der Waals surface area contributed by atoms with Crippen LogP contribution in [0.2, 0.25) is 0 Å². The molecule has 0 aromatic heterocycles. The fourth-order valence-electron chi connectivity index (χ4n) is 1.80. The second kappa shape index (κ2) is 8.89. The highest BCUT2D eigenvalue weighted by atomic mass is 32.2. The summed E-state index contributed by atoms with van der Waals surface area (Å²) in [5.74, 6) is 0.601. The Labute approximate surface area is 106 Å². The lowest BCUT2D eigenvalue weighted by Crippen LogP contribution is -2.36. The maximum atomic E-state index is 12.0. The van der Waals surface area contributed by atoms with Gasteiger partial charge in [0.05, 0.1) is 5.75 Å². The summed E-state index contributed by atoms with van der Waals surface area (Å²) in [6.45, 7) is 7.31. The van der Waals surface area contributed by atoms with Gasteiger partial charge in [-0.2, -0.15) is 0 Å². The normalized spacial score (nSPS) is 12.6. The van der Waals surface area contributed by atoms with Crippen LogP contribution in [0.5, 0.6) is 0 Å². The van der Waals surface area contributed by atoms with Crippen molar-refractivity contribution in [1.82, 2.24) is 4.31 Å². The molecule has 0 aliphatic heterocycles. The quantitative estimate of drug-likeness (QED) is 0.613. The Bertz CT molecular complexity index is 273. The number of aliphatic hydroxyl groups is 1. The molecule has 0 aromatic carbocycles. The van der Waals surface area contributed by atoms with Gasteiger partial charge in [-0.3, -0.25) is 0 Å². The monoisotopic (exact) mass is 265 g/mol. The van der Waals surface area contributed by atoms with E-state index in [1.54, 1.807) is 4.31 Å². The van der Waals surface area contributed by atoms with Crippen molar-refractivity contribution in [3.8, 4) is 0 Å². The molecule has 0 saturated heterocycles. The highest BCUT2D eigenvalue weighted by Gasteiger charge is 2.22. The molecule has 0 unspecified atom stereocenters. The first-order valence-electron chi connectivity index (χ1n) is 6.60. The highest BCUT2D eigenvalue weighted by molar-refractivity contribution is 7.89. The predicted molar refractivity (Wildman–Crippen MR) is 71.4 cm³/mol. The molecule has 5 heteroatoms. The Kier molecular flexibility index (Phi) is 8.82.